The molecule has 8 aliphatic carbocycles. The molecule has 16 unspecified atom stereocenters. The summed E-state index contributed by atoms with van der Waals surface area (Å²) in [7, 11) is 0. The molecule has 6 nitrogen and oxygen atoms in total. The van der Waals surface area contributed by atoms with E-state index in [1.54, 1.807) is 21.7 Å². The van der Waals surface area contributed by atoms with E-state index in [1.807, 2.05) is 0 Å². The van der Waals surface area contributed by atoms with Gasteiger partial charge in [-0.1, -0.05) is 90.2 Å². The number of nitrogens with one attached hydrogen (secondary N) is 2. The van der Waals surface area contributed by atoms with Gasteiger partial charge in [-0.3, -0.25) is 15.5 Å². The van der Waals surface area contributed by atoms with Crippen LogP contribution in [-0.2, 0) is 19.3 Å². The molecule has 4 heterocycles. The lowest BCUT2D eigenvalue weighted by molar-refractivity contribution is -0.755. The number of nitrogens with zero attached hydrogens (tertiary/aromatic N) is 3. The zero-order valence-electron chi connectivity index (χ0n) is 42.2. The summed E-state index contributed by atoms with van der Waals surface area (Å²) in [5.74, 6) is 5.86. The number of allylic oxidation sites excluding steroid dienone is 9. The molecule has 0 aromatic carbocycles. The van der Waals surface area contributed by atoms with Crippen LogP contribution in [0.1, 0.15) is 167 Å². The minimum atomic E-state index is 0.247. The summed E-state index contributed by atoms with van der Waals surface area (Å²) in [6, 6.07) is 4.44. The van der Waals surface area contributed by atoms with Crippen molar-refractivity contribution in [3.05, 3.63) is 81.6 Å². The highest BCUT2D eigenvalue weighted by atomic mass is 32.2. The van der Waals surface area contributed by atoms with Gasteiger partial charge in [0.15, 0.2) is 0 Å². The molecule has 4 fully saturated rings. The number of nitriles is 1. The van der Waals surface area contributed by atoms with Crippen molar-refractivity contribution in [2.45, 2.75) is 205 Å². The molecule has 16 atom stereocenters. The summed E-state index contributed by atoms with van der Waals surface area (Å²) in [5, 5.41) is 24.1. The van der Waals surface area contributed by atoms with Gasteiger partial charge < -0.3 is 9.88 Å². The zero-order valence-corrected chi connectivity index (χ0v) is 43.0. The Bertz CT molecular complexity index is 2290. The normalized spacial score (nSPS) is 41.7. The number of thioether (sulfide) groups is 1. The first-order valence-corrected chi connectivity index (χ1v) is 28.8. The smallest absolute Gasteiger partial charge is 0.146 e. The molecule has 3 saturated heterocycles. The van der Waals surface area contributed by atoms with Gasteiger partial charge in [-0.15, -0.1) is 11.8 Å². The highest BCUT2D eigenvalue weighted by molar-refractivity contribution is 8.04. The summed E-state index contributed by atoms with van der Waals surface area (Å²) < 4.78 is 2.73. The second-order valence-electron chi connectivity index (χ2n) is 26.1. The monoisotopic (exact) mass is 922 g/mol. The van der Waals surface area contributed by atoms with Gasteiger partial charge in [0, 0.05) is 58.7 Å². The van der Waals surface area contributed by atoms with Gasteiger partial charge in [0.1, 0.15) is 12.3 Å². The molecule has 0 spiro atoms. The number of quaternary nitrogens is 1. The van der Waals surface area contributed by atoms with Gasteiger partial charge in [-0.2, -0.15) is 5.26 Å². The number of hydrogen-bond acceptors (Lipinski definition) is 5. The molecule has 67 heavy (non-hydrogen) atoms. The summed E-state index contributed by atoms with van der Waals surface area (Å²) in [6.07, 6.45) is 46.8. The minimum Gasteiger partial charge on any atom is -0.316 e. The van der Waals surface area contributed by atoms with Gasteiger partial charge in [0.2, 0.25) is 0 Å². The summed E-state index contributed by atoms with van der Waals surface area (Å²) in [5.41, 5.74) is 9.26. The molecule has 0 radical (unpaired) electrons. The molecule has 12 rings (SSSR count). The Morgan fingerprint density at radius 2 is 1.55 bits per heavy atom. The Morgan fingerprint density at radius 3 is 2.37 bits per heavy atom. The lowest BCUT2D eigenvalue weighted by Gasteiger charge is -2.51. The Morgan fingerprint density at radius 1 is 0.716 bits per heavy atom. The number of nitrogens with two attached hydrogens (primary N) is 1. The minimum absolute atomic E-state index is 0.247. The predicted octanol–water partition coefficient (Wildman–Crippen LogP) is 11.7. The topological polar surface area (TPSA) is 72.6 Å². The molecule has 7 heteroatoms. The van der Waals surface area contributed by atoms with Crippen LogP contribution in [-0.4, -0.2) is 51.3 Å². The van der Waals surface area contributed by atoms with Crippen LogP contribution < -0.4 is 16.0 Å². The molecule has 360 valence electrons. The van der Waals surface area contributed by atoms with E-state index in [1.165, 1.54) is 94.9 Å². The lowest BCUT2D eigenvalue weighted by atomic mass is 9.62. The van der Waals surface area contributed by atoms with Crippen LogP contribution in [0.15, 0.2) is 59.1 Å². The third kappa shape index (κ3) is 8.14. The molecular weight excluding hydrogens is 837 g/mol. The Balaban J connectivity index is 0.963. The zero-order chi connectivity index (χ0) is 45.8. The molecule has 4 N–H and O–H groups in total. The summed E-state index contributed by atoms with van der Waals surface area (Å²) in [4.78, 5) is 4.93. The van der Waals surface area contributed by atoms with Crippen molar-refractivity contribution in [1.82, 2.24) is 20.1 Å². The van der Waals surface area contributed by atoms with Crippen LogP contribution in [0, 0.1) is 75.4 Å². The van der Waals surface area contributed by atoms with Crippen molar-refractivity contribution < 1.29 is 5.32 Å². The van der Waals surface area contributed by atoms with Crippen molar-refractivity contribution in [2.24, 2.45) is 64.1 Å². The van der Waals surface area contributed by atoms with Crippen molar-refractivity contribution >= 4 is 23.5 Å². The van der Waals surface area contributed by atoms with Gasteiger partial charge in [-0.25, -0.2) is 0 Å². The van der Waals surface area contributed by atoms with Crippen molar-refractivity contribution in [2.75, 3.05) is 0 Å². The predicted molar refractivity (Wildman–Crippen MR) is 277 cm³/mol. The van der Waals surface area contributed by atoms with E-state index in [0.29, 0.717) is 59.3 Å². The van der Waals surface area contributed by atoms with Crippen LogP contribution in [0.5, 0.6) is 0 Å². The van der Waals surface area contributed by atoms with E-state index in [-0.39, 0.29) is 17.7 Å². The summed E-state index contributed by atoms with van der Waals surface area (Å²) in [6.45, 7) is 15.0. The fourth-order valence-corrected chi connectivity index (χ4v) is 18.6. The van der Waals surface area contributed by atoms with Gasteiger partial charge in [-0.05, 0) is 190 Å². The maximum atomic E-state index is 11.6. The van der Waals surface area contributed by atoms with E-state index < -0.39 is 0 Å². The SMILES string of the molecule is CC(C)(C)C1C=CC2C(C1)C1CC(C(C)(C)C)CCC1N2C1CC(n2c3c(c4c2CCCC4)CCC=C3)=C(C#N)CC1C1NC(C2CC=CCC2)NC(C2CC=C3SC4CC=CCC4C3C2)[NH2+]1. The van der Waals surface area contributed by atoms with E-state index >= 15 is 0 Å². The van der Waals surface area contributed by atoms with Crippen molar-refractivity contribution in [3.8, 4) is 6.07 Å². The highest BCUT2D eigenvalue weighted by Crippen LogP contribution is 2.58. The highest BCUT2D eigenvalue weighted by Gasteiger charge is 2.58. The van der Waals surface area contributed by atoms with E-state index in [0.717, 1.165) is 73.0 Å². The largest absolute Gasteiger partial charge is 0.316 e. The second-order valence-corrected chi connectivity index (χ2v) is 27.4. The quantitative estimate of drug-likeness (QED) is 0.257. The molecule has 1 saturated carbocycles. The second kappa shape index (κ2) is 17.9. The molecule has 0 bridgehead atoms. The number of hydrogen-bond donors (Lipinski definition) is 3. The maximum absolute atomic E-state index is 11.6. The van der Waals surface area contributed by atoms with Gasteiger partial charge in [0.25, 0.3) is 0 Å². The third-order valence-electron chi connectivity index (χ3n) is 20.6. The number of rotatable bonds is 5. The standard InChI is InChI=1S/C60H84N6S/c1-59(2,3)39-25-27-50-44(32-39)45-33-40(60(4,5)6)26-28-51(45)66(50)53-34-52(65-48-21-13-10-18-41(48)42-19-11-14-22-49(42)65)38(35-61)31-47(53)58-63-56(36-16-8-7-9-17-36)62-57(64-58)37-24-29-55-46(30-37)43-20-12-15-23-54(43)67-55/h7-8,12-13,15,21,25,27,29,36-37,39-40,43-47,50-51,53-54,56-58,62-64H,9-11,14,16-20,22-24,26,28,30-34H2,1-6H3/p+1. The van der Waals surface area contributed by atoms with Crippen LogP contribution >= 0.6 is 11.8 Å². The van der Waals surface area contributed by atoms with Crippen LogP contribution in [0.4, 0.5) is 0 Å². The van der Waals surface area contributed by atoms with Crippen LogP contribution in [0.25, 0.3) is 11.8 Å². The molecule has 0 amide bonds. The van der Waals surface area contributed by atoms with E-state index in [2.05, 4.69) is 139 Å². The average Bonchev–Trinajstić information content (AvgIpc) is 4.00. The Kier molecular flexibility index (Phi) is 12.2. The number of fused-ring (bicyclic) bond motifs is 9. The van der Waals surface area contributed by atoms with Crippen LogP contribution in [0.2, 0.25) is 0 Å². The molecular formula is C60H85N6S+. The Labute approximate surface area is 409 Å². The average molecular weight is 922 g/mol. The first-order valence-electron chi connectivity index (χ1n) is 28.0. The summed E-state index contributed by atoms with van der Waals surface area (Å²) >= 11 is 2.23. The molecule has 1 aromatic rings. The fourth-order valence-electron chi connectivity index (χ4n) is 16.9. The molecule has 11 aliphatic rings. The molecule has 3 aliphatic heterocycles. The van der Waals surface area contributed by atoms with E-state index in [9.17, 15) is 5.26 Å². The van der Waals surface area contributed by atoms with E-state index in [4.69, 9.17) is 0 Å². The van der Waals surface area contributed by atoms with Gasteiger partial charge in [0.05, 0.1) is 17.8 Å². The lowest BCUT2D eigenvalue weighted by Crippen LogP contribution is -3.07. The van der Waals surface area contributed by atoms with Gasteiger partial charge >= 0.3 is 0 Å². The van der Waals surface area contributed by atoms with Crippen molar-refractivity contribution in [1.29, 1.82) is 5.26 Å². The number of aromatic nitrogens is 1. The molecule has 1 aromatic heterocycles. The first-order chi connectivity index (χ1) is 32.4. The van der Waals surface area contributed by atoms with Crippen LogP contribution in [0.3, 0.4) is 0 Å². The fraction of sp³-hybridized carbons (Fsp3) is 0.717. The third-order valence-corrected chi connectivity index (χ3v) is 22.2. The first kappa shape index (κ1) is 45.5. The number of likely N-dealkylation sites (tertiary alicyclic amines) is 1. The van der Waals surface area contributed by atoms with Crippen molar-refractivity contribution in [3.63, 3.8) is 0 Å². The maximum Gasteiger partial charge on any atom is 0.146 e. The Hall–Kier alpha value is -2.60.